The van der Waals surface area contributed by atoms with Crippen LogP contribution in [0.25, 0.3) is 0 Å². The van der Waals surface area contributed by atoms with Crippen molar-refractivity contribution in [1.29, 1.82) is 0 Å². The first-order valence-electron chi connectivity index (χ1n) is 8.10. The molecule has 0 unspecified atom stereocenters. The third-order valence-electron chi connectivity index (χ3n) is 3.86. The van der Waals surface area contributed by atoms with E-state index in [1.54, 1.807) is 6.07 Å². The number of benzene rings is 2. The van der Waals surface area contributed by atoms with Crippen LogP contribution in [0.2, 0.25) is 0 Å². The predicted molar refractivity (Wildman–Crippen MR) is 115 cm³/mol. The number of sulfone groups is 1. The molecule has 0 heterocycles. The van der Waals surface area contributed by atoms with Gasteiger partial charge in [-0.3, -0.25) is 0 Å². The number of hydrogen-bond donors (Lipinski definition) is 1. The zero-order valence-corrected chi connectivity index (χ0v) is 18.2. The number of likely N-dealkylation sites (N-methyl/N-ethyl adjacent to an activating group) is 1. The van der Waals surface area contributed by atoms with Crippen LogP contribution in [-0.2, 0) is 16.3 Å². The number of carboxylic acids is 1. The van der Waals surface area contributed by atoms with Crippen molar-refractivity contribution < 1.29 is 23.1 Å². The van der Waals surface area contributed by atoms with Gasteiger partial charge in [0, 0.05) is 23.7 Å². The van der Waals surface area contributed by atoms with Gasteiger partial charge in [0.05, 0.1) is 5.56 Å². The predicted octanol–water partition coefficient (Wildman–Crippen LogP) is 3.45. The summed E-state index contributed by atoms with van der Waals surface area (Å²) in [7, 11) is 0.297. The Labute approximate surface area is 176 Å². The number of nitrogens with zero attached hydrogens (tertiary/aromatic N) is 1. The van der Waals surface area contributed by atoms with Crippen molar-refractivity contribution >= 4 is 45.8 Å². The standard InChI is InChI=1S/C19H21NO5S2.ClH/c1-20(2)9-8-13-4-6-16(15(10-13)12-26)25-17-7-5-14(19(21)22)11-18(17)27(3,23)24;/h4-7,10-12H,8-9H2,1-3H3,(H,21,22);1H. The first-order valence-corrected chi connectivity index (χ1v) is 10.5. The molecule has 0 bridgehead atoms. The molecule has 0 amide bonds. The molecule has 2 rings (SSSR count). The van der Waals surface area contributed by atoms with E-state index in [9.17, 15) is 13.2 Å². The largest absolute Gasteiger partial charge is 0.478 e. The minimum absolute atomic E-state index is 0. The molecule has 0 saturated carbocycles. The van der Waals surface area contributed by atoms with E-state index in [1.165, 1.54) is 17.5 Å². The number of carboxylic acid groups (broad SMARTS) is 1. The summed E-state index contributed by atoms with van der Waals surface area (Å²) < 4.78 is 29.9. The van der Waals surface area contributed by atoms with Crippen molar-refractivity contribution in [2.45, 2.75) is 11.3 Å². The molecule has 0 aliphatic carbocycles. The Morgan fingerprint density at radius 1 is 1.18 bits per heavy atom. The van der Waals surface area contributed by atoms with Gasteiger partial charge in [-0.25, -0.2) is 13.2 Å². The normalized spacial score (nSPS) is 11.0. The molecule has 0 spiro atoms. The number of aromatic carboxylic acids is 1. The monoisotopic (exact) mass is 443 g/mol. The van der Waals surface area contributed by atoms with Crippen LogP contribution in [0, 0.1) is 0 Å². The van der Waals surface area contributed by atoms with E-state index in [4.69, 9.17) is 22.1 Å². The van der Waals surface area contributed by atoms with E-state index in [0.29, 0.717) is 11.3 Å². The number of carbonyl (C=O) groups is 1. The number of thiocarbonyl (C=S) groups is 1. The van der Waals surface area contributed by atoms with Crippen LogP contribution in [0.15, 0.2) is 41.3 Å². The average molecular weight is 444 g/mol. The van der Waals surface area contributed by atoms with Crippen molar-refractivity contribution in [1.82, 2.24) is 4.90 Å². The highest BCUT2D eigenvalue weighted by molar-refractivity contribution is 7.90. The lowest BCUT2D eigenvalue weighted by atomic mass is 10.1. The van der Waals surface area contributed by atoms with Gasteiger partial charge in [-0.2, -0.15) is 0 Å². The fraction of sp³-hybridized carbons (Fsp3) is 0.263. The van der Waals surface area contributed by atoms with Gasteiger partial charge in [0.2, 0.25) is 0 Å². The van der Waals surface area contributed by atoms with Gasteiger partial charge >= 0.3 is 5.97 Å². The quantitative estimate of drug-likeness (QED) is 0.625. The van der Waals surface area contributed by atoms with Crippen molar-refractivity contribution in [3.8, 4) is 11.5 Å². The molecule has 1 N–H and O–H groups in total. The van der Waals surface area contributed by atoms with Crippen LogP contribution in [-0.4, -0.2) is 56.7 Å². The van der Waals surface area contributed by atoms with Crippen LogP contribution in [0.1, 0.15) is 21.5 Å². The van der Waals surface area contributed by atoms with E-state index in [2.05, 4.69) is 4.90 Å². The molecule has 9 heteroatoms. The summed E-state index contributed by atoms with van der Waals surface area (Å²) in [5, 5.41) is 10.6. The van der Waals surface area contributed by atoms with E-state index in [0.717, 1.165) is 30.9 Å². The van der Waals surface area contributed by atoms with Gasteiger partial charge in [0.1, 0.15) is 16.4 Å². The molecule has 0 aliphatic heterocycles. The molecule has 0 aliphatic rings. The highest BCUT2D eigenvalue weighted by atomic mass is 35.5. The first kappa shape index (κ1) is 24.0. The summed E-state index contributed by atoms with van der Waals surface area (Å²) in [6, 6.07) is 9.27. The minimum atomic E-state index is -3.69. The van der Waals surface area contributed by atoms with Crippen LogP contribution in [0.3, 0.4) is 0 Å². The molecule has 6 nitrogen and oxygen atoms in total. The smallest absolute Gasteiger partial charge is 0.335 e. The van der Waals surface area contributed by atoms with Crippen molar-refractivity contribution in [2.75, 3.05) is 26.9 Å². The fourth-order valence-corrected chi connectivity index (χ4v) is 3.43. The number of halogens is 1. The Bertz CT molecular complexity index is 974. The lowest BCUT2D eigenvalue weighted by Crippen LogP contribution is -2.15. The molecule has 152 valence electrons. The van der Waals surface area contributed by atoms with E-state index in [-0.39, 0.29) is 28.6 Å². The van der Waals surface area contributed by atoms with E-state index >= 15 is 0 Å². The second-order valence-electron chi connectivity index (χ2n) is 6.38. The molecule has 2 aromatic carbocycles. The van der Waals surface area contributed by atoms with Gasteiger partial charge in [-0.1, -0.05) is 18.3 Å². The molecule has 2 aromatic rings. The lowest BCUT2D eigenvalue weighted by Gasteiger charge is -2.14. The molecule has 0 atom stereocenters. The molecule has 28 heavy (non-hydrogen) atoms. The minimum Gasteiger partial charge on any atom is -0.478 e. The Morgan fingerprint density at radius 2 is 1.82 bits per heavy atom. The van der Waals surface area contributed by atoms with Gasteiger partial charge in [-0.15, -0.1) is 12.4 Å². The van der Waals surface area contributed by atoms with Gasteiger partial charge in [0.15, 0.2) is 9.84 Å². The average Bonchev–Trinajstić information content (AvgIpc) is 2.59. The number of ether oxygens (including phenoxy) is 1. The molecule has 0 aromatic heterocycles. The Hall–Kier alpha value is -2.00. The maximum Gasteiger partial charge on any atom is 0.335 e. The molecular weight excluding hydrogens is 422 g/mol. The maximum atomic E-state index is 12.1. The van der Waals surface area contributed by atoms with E-state index in [1.807, 2.05) is 26.2 Å². The first-order chi connectivity index (χ1) is 12.6. The summed E-state index contributed by atoms with van der Waals surface area (Å²) in [6.45, 7) is 0.881. The zero-order chi connectivity index (χ0) is 20.2. The van der Waals surface area contributed by atoms with Crippen LogP contribution in [0.4, 0.5) is 0 Å². The topological polar surface area (TPSA) is 83.9 Å². The van der Waals surface area contributed by atoms with Crippen LogP contribution < -0.4 is 4.74 Å². The second kappa shape index (κ2) is 9.97. The zero-order valence-electron chi connectivity index (χ0n) is 15.7. The Balaban J connectivity index is 0.00000392. The van der Waals surface area contributed by atoms with Crippen molar-refractivity contribution in [3.05, 3.63) is 53.1 Å². The molecule has 0 saturated heterocycles. The Morgan fingerprint density at radius 3 is 2.36 bits per heavy atom. The van der Waals surface area contributed by atoms with E-state index < -0.39 is 15.8 Å². The van der Waals surface area contributed by atoms with Gasteiger partial charge < -0.3 is 14.7 Å². The number of rotatable bonds is 8. The Kier molecular flexibility index (Phi) is 8.56. The fourth-order valence-electron chi connectivity index (χ4n) is 2.42. The lowest BCUT2D eigenvalue weighted by molar-refractivity contribution is 0.0696. The summed E-state index contributed by atoms with van der Waals surface area (Å²) in [5.74, 6) is -0.746. The third kappa shape index (κ3) is 6.27. The van der Waals surface area contributed by atoms with Crippen LogP contribution >= 0.6 is 24.6 Å². The molecule has 0 radical (unpaired) electrons. The van der Waals surface area contributed by atoms with Gasteiger partial charge in [0.25, 0.3) is 0 Å². The van der Waals surface area contributed by atoms with Crippen molar-refractivity contribution in [2.24, 2.45) is 0 Å². The molecular formula is C19H22ClNO5S2. The second-order valence-corrected chi connectivity index (χ2v) is 8.60. The summed E-state index contributed by atoms with van der Waals surface area (Å²) in [6.07, 6.45) is 1.84. The summed E-state index contributed by atoms with van der Waals surface area (Å²) in [4.78, 5) is 13.0. The van der Waals surface area contributed by atoms with Gasteiger partial charge in [-0.05, 0) is 56.4 Å². The van der Waals surface area contributed by atoms with Crippen molar-refractivity contribution in [3.63, 3.8) is 0 Å². The summed E-state index contributed by atoms with van der Waals surface area (Å²) >= 11 is 5.07. The van der Waals surface area contributed by atoms with Crippen LogP contribution in [0.5, 0.6) is 11.5 Å². The molecule has 0 fully saturated rings. The summed E-state index contributed by atoms with van der Waals surface area (Å²) in [5.41, 5.74) is 1.61. The number of hydrogen-bond acceptors (Lipinski definition) is 6. The SMILES string of the molecule is CN(C)CCc1ccc(Oc2ccc(C(=O)O)cc2S(C)(=O)=O)c(C=S)c1.Cl. The third-order valence-corrected chi connectivity index (χ3v) is 5.23. The highest BCUT2D eigenvalue weighted by Crippen LogP contribution is 2.32. The maximum absolute atomic E-state index is 12.1. The highest BCUT2D eigenvalue weighted by Gasteiger charge is 2.19.